The molecule has 0 saturated heterocycles. The van der Waals surface area contributed by atoms with Crippen LogP contribution in [0.25, 0.3) is 0 Å². The van der Waals surface area contributed by atoms with E-state index in [-0.39, 0.29) is 11.4 Å². The number of halogens is 1. The standard InChI is InChI=1S/C21H16ClN3O5/c1-29-20-12-14(13-23-24-17-7-9-18(10-8-17)25(27)28)2-11-19(20)30-21(26)15-3-5-16(22)6-4-15/h2-13,24H,1H3/b23-13+. The molecule has 0 unspecified atom stereocenters. The number of rotatable bonds is 7. The van der Waals surface area contributed by atoms with Crippen molar-refractivity contribution in [2.24, 2.45) is 5.10 Å². The topological polar surface area (TPSA) is 103 Å². The average Bonchev–Trinajstić information content (AvgIpc) is 2.75. The quantitative estimate of drug-likeness (QED) is 0.189. The Balaban J connectivity index is 1.67. The number of hydrogen-bond donors (Lipinski definition) is 1. The molecule has 0 fully saturated rings. The molecule has 3 rings (SSSR count). The fourth-order valence-corrected chi connectivity index (χ4v) is 2.56. The van der Waals surface area contributed by atoms with Crippen molar-refractivity contribution in [2.45, 2.75) is 0 Å². The van der Waals surface area contributed by atoms with Crippen LogP contribution >= 0.6 is 11.6 Å². The van der Waals surface area contributed by atoms with Crippen molar-refractivity contribution in [3.05, 3.63) is 93.0 Å². The second-order valence-electron chi connectivity index (χ2n) is 5.98. The van der Waals surface area contributed by atoms with Gasteiger partial charge in [-0.05, 0) is 60.2 Å². The average molecular weight is 426 g/mol. The zero-order valence-corrected chi connectivity index (χ0v) is 16.5. The van der Waals surface area contributed by atoms with E-state index >= 15 is 0 Å². The normalized spacial score (nSPS) is 10.6. The number of carbonyl (C=O) groups excluding carboxylic acids is 1. The minimum Gasteiger partial charge on any atom is -0.493 e. The highest BCUT2D eigenvalue weighted by molar-refractivity contribution is 6.30. The van der Waals surface area contributed by atoms with Gasteiger partial charge < -0.3 is 9.47 Å². The Morgan fingerprint density at radius 1 is 1.07 bits per heavy atom. The second kappa shape index (κ2) is 9.53. The van der Waals surface area contributed by atoms with Crippen molar-refractivity contribution in [1.82, 2.24) is 0 Å². The van der Waals surface area contributed by atoms with Gasteiger partial charge in [0.2, 0.25) is 0 Å². The minimum absolute atomic E-state index is 0.00185. The van der Waals surface area contributed by atoms with Gasteiger partial charge in [0, 0.05) is 17.2 Å². The highest BCUT2D eigenvalue weighted by Gasteiger charge is 2.13. The number of esters is 1. The molecule has 30 heavy (non-hydrogen) atoms. The zero-order chi connectivity index (χ0) is 21.5. The summed E-state index contributed by atoms with van der Waals surface area (Å²) in [6, 6.07) is 17.2. The Hall–Kier alpha value is -3.91. The SMILES string of the molecule is COc1cc(/C=N/Nc2ccc([N+](=O)[O-])cc2)ccc1OC(=O)c1ccc(Cl)cc1. The first-order chi connectivity index (χ1) is 14.5. The van der Waals surface area contributed by atoms with Gasteiger partial charge in [-0.25, -0.2) is 4.79 Å². The van der Waals surface area contributed by atoms with Crippen molar-refractivity contribution < 1.29 is 19.2 Å². The van der Waals surface area contributed by atoms with Crippen LogP contribution in [0.1, 0.15) is 15.9 Å². The monoisotopic (exact) mass is 425 g/mol. The molecule has 0 spiro atoms. The van der Waals surface area contributed by atoms with Gasteiger partial charge in [-0.2, -0.15) is 5.10 Å². The van der Waals surface area contributed by atoms with Crippen LogP contribution in [0, 0.1) is 10.1 Å². The number of carbonyl (C=O) groups is 1. The van der Waals surface area contributed by atoms with E-state index in [1.165, 1.54) is 25.5 Å². The van der Waals surface area contributed by atoms with Crippen molar-refractivity contribution in [3.8, 4) is 11.5 Å². The molecule has 0 bridgehead atoms. The van der Waals surface area contributed by atoms with Crippen LogP contribution in [-0.4, -0.2) is 24.2 Å². The van der Waals surface area contributed by atoms with Gasteiger partial charge in [0.25, 0.3) is 5.69 Å². The Bertz CT molecular complexity index is 1080. The minimum atomic E-state index is -0.536. The molecule has 0 saturated carbocycles. The fourth-order valence-electron chi connectivity index (χ4n) is 2.43. The van der Waals surface area contributed by atoms with Crippen molar-refractivity contribution >= 4 is 35.2 Å². The predicted octanol–water partition coefficient (Wildman–Crippen LogP) is 4.92. The number of methoxy groups -OCH3 is 1. The third-order valence-electron chi connectivity index (χ3n) is 3.96. The Morgan fingerprint density at radius 2 is 1.77 bits per heavy atom. The van der Waals surface area contributed by atoms with Gasteiger partial charge in [0.05, 0.1) is 29.5 Å². The molecular weight excluding hydrogens is 410 g/mol. The Kier molecular flexibility index (Phi) is 6.61. The van der Waals surface area contributed by atoms with Gasteiger partial charge in [-0.1, -0.05) is 11.6 Å². The number of nitrogens with one attached hydrogen (secondary N) is 1. The molecule has 3 aromatic carbocycles. The van der Waals surface area contributed by atoms with E-state index in [2.05, 4.69) is 10.5 Å². The summed E-state index contributed by atoms with van der Waals surface area (Å²) in [6.07, 6.45) is 1.54. The summed E-state index contributed by atoms with van der Waals surface area (Å²) in [6.45, 7) is 0. The maximum atomic E-state index is 12.3. The summed E-state index contributed by atoms with van der Waals surface area (Å²) >= 11 is 5.83. The molecule has 0 aliphatic carbocycles. The molecule has 9 heteroatoms. The molecule has 0 aliphatic rings. The fraction of sp³-hybridized carbons (Fsp3) is 0.0476. The first-order valence-electron chi connectivity index (χ1n) is 8.65. The first-order valence-corrected chi connectivity index (χ1v) is 9.03. The van der Waals surface area contributed by atoms with E-state index in [1.807, 2.05) is 0 Å². The molecule has 0 heterocycles. The lowest BCUT2D eigenvalue weighted by molar-refractivity contribution is -0.384. The van der Waals surface area contributed by atoms with Crippen molar-refractivity contribution in [1.29, 1.82) is 0 Å². The number of nitro benzene ring substituents is 1. The second-order valence-corrected chi connectivity index (χ2v) is 6.42. The van der Waals surface area contributed by atoms with Gasteiger partial charge in [0.1, 0.15) is 0 Å². The largest absolute Gasteiger partial charge is 0.493 e. The third-order valence-corrected chi connectivity index (χ3v) is 4.21. The smallest absolute Gasteiger partial charge is 0.343 e. The Labute approximate surface area is 176 Å². The van der Waals surface area contributed by atoms with Gasteiger partial charge in [0.15, 0.2) is 11.5 Å². The summed E-state index contributed by atoms with van der Waals surface area (Å²) in [5.41, 5.74) is 4.42. The summed E-state index contributed by atoms with van der Waals surface area (Å²) in [4.78, 5) is 22.5. The first kappa shape index (κ1) is 20.8. The van der Waals surface area contributed by atoms with Crippen LogP contribution in [-0.2, 0) is 0 Å². The highest BCUT2D eigenvalue weighted by Crippen LogP contribution is 2.28. The van der Waals surface area contributed by atoms with Crippen LogP contribution in [0.2, 0.25) is 5.02 Å². The number of anilines is 1. The molecule has 3 aromatic rings. The van der Waals surface area contributed by atoms with E-state index in [0.29, 0.717) is 27.6 Å². The number of benzene rings is 3. The lowest BCUT2D eigenvalue weighted by atomic mass is 10.2. The van der Waals surface area contributed by atoms with E-state index in [4.69, 9.17) is 21.1 Å². The number of ether oxygens (including phenoxy) is 2. The molecule has 0 atom stereocenters. The molecule has 0 amide bonds. The molecular formula is C21H16ClN3O5. The van der Waals surface area contributed by atoms with Crippen molar-refractivity contribution in [3.63, 3.8) is 0 Å². The van der Waals surface area contributed by atoms with Gasteiger partial charge >= 0.3 is 5.97 Å². The maximum absolute atomic E-state index is 12.3. The number of hydrogen-bond acceptors (Lipinski definition) is 7. The summed E-state index contributed by atoms with van der Waals surface area (Å²) in [5, 5.41) is 15.3. The van der Waals surface area contributed by atoms with E-state index < -0.39 is 10.9 Å². The Morgan fingerprint density at radius 3 is 2.40 bits per heavy atom. The van der Waals surface area contributed by atoms with Crippen LogP contribution in [0.5, 0.6) is 11.5 Å². The van der Waals surface area contributed by atoms with Crippen LogP contribution in [0.4, 0.5) is 11.4 Å². The molecule has 1 N–H and O–H groups in total. The third kappa shape index (κ3) is 5.33. The lowest BCUT2D eigenvalue weighted by Crippen LogP contribution is -2.09. The molecule has 0 aromatic heterocycles. The summed E-state index contributed by atoms with van der Waals surface area (Å²) in [5.74, 6) is 0.0840. The number of non-ortho nitro benzene ring substituents is 1. The van der Waals surface area contributed by atoms with E-state index in [0.717, 1.165) is 0 Å². The van der Waals surface area contributed by atoms with Gasteiger partial charge in [-0.3, -0.25) is 15.5 Å². The predicted molar refractivity (Wildman–Crippen MR) is 114 cm³/mol. The molecule has 8 nitrogen and oxygen atoms in total. The maximum Gasteiger partial charge on any atom is 0.343 e. The molecule has 0 aliphatic heterocycles. The van der Waals surface area contributed by atoms with E-state index in [9.17, 15) is 14.9 Å². The van der Waals surface area contributed by atoms with Crippen LogP contribution < -0.4 is 14.9 Å². The van der Waals surface area contributed by atoms with Crippen molar-refractivity contribution in [2.75, 3.05) is 12.5 Å². The summed E-state index contributed by atoms with van der Waals surface area (Å²) < 4.78 is 10.7. The molecule has 152 valence electrons. The van der Waals surface area contributed by atoms with E-state index in [1.54, 1.807) is 54.6 Å². The number of nitrogens with zero attached hydrogens (tertiary/aromatic N) is 2. The van der Waals surface area contributed by atoms with Gasteiger partial charge in [-0.15, -0.1) is 0 Å². The number of hydrazone groups is 1. The lowest BCUT2D eigenvalue weighted by Gasteiger charge is -2.10. The molecule has 0 radical (unpaired) electrons. The zero-order valence-electron chi connectivity index (χ0n) is 15.7. The van der Waals surface area contributed by atoms with Crippen LogP contribution in [0.15, 0.2) is 71.8 Å². The number of nitro groups is 1. The van der Waals surface area contributed by atoms with Crippen LogP contribution in [0.3, 0.4) is 0 Å². The highest BCUT2D eigenvalue weighted by atomic mass is 35.5. The summed E-state index contributed by atoms with van der Waals surface area (Å²) in [7, 11) is 1.46.